The normalized spacial score (nSPS) is 15.5. The van der Waals surface area contributed by atoms with Gasteiger partial charge < -0.3 is 9.84 Å². The van der Waals surface area contributed by atoms with Crippen molar-refractivity contribution in [2.45, 2.75) is 46.1 Å². The van der Waals surface area contributed by atoms with Crippen molar-refractivity contribution < 1.29 is 23.4 Å². The van der Waals surface area contributed by atoms with E-state index in [9.17, 15) is 18.7 Å². The molecule has 0 unspecified atom stereocenters. The maximum atomic E-state index is 14.0. The third-order valence-electron chi connectivity index (χ3n) is 7.10. The van der Waals surface area contributed by atoms with Crippen LogP contribution in [0, 0.1) is 24.5 Å². The maximum absolute atomic E-state index is 14.0. The van der Waals surface area contributed by atoms with Crippen LogP contribution in [0.15, 0.2) is 48.5 Å². The second-order valence-corrected chi connectivity index (χ2v) is 11.1. The van der Waals surface area contributed by atoms with Crippen molar-refractivity contribution in [3.8, 4) is 11.4 Å². The first kappa shape index (κ1) is 29.8. The van der Waals surface area contributed by atoms with Gasteiger partial charge in [0.1, 0.15) is 35.9 Å². The molecule has 9 heteroatoms. The van der Waals surface area contributed by atoms with Crippen LogP contribution >= 0.6 is 0 Å². The number of ether oxygens (including phenoxy) is 1. The van der Waals surface area contributed by atoms with E-state index < -0.39 is 6.10 Å². The first-order valence-electron chi connectivity index (χ1n) is 14.0. The van der Waals surface area contributed by atoms with Crippen LogP contribution in [0.4, 0.5) is 8.78 Å². The van der Waals surface area contributed by atoms with Crippen molar-refractivity contribution in [1.82, 2.24) is 19.6 Å². The Balaban J connectivity index is 1.22. The molecule has 1 fully saturated rings. The van der Waals surface area contributed by atoms with Gasteiger partial charge in [0.15, 0.2) is 0 Å². The van der Waals surface area contributed by atoms with Gasteiger partial charge in [0.25, 0.3) is 0 Å². The number of hydrogen-bond acceptors (Lipinski definition) is 6. The second kappa shape index (κ2) is 14.0. The molecule has 0 bridgehead atoms. The van der Waals surface area contributed by atoms with Gasteiger partial charge in [-0.3, -0.25) is 14.6 Å². The predicted octanol–water partition coefficient (Wildman–Crippen LogP) is 4.22. The summed E-state index contributed by atoms with van der Waals surface area (Å²) in [5.41, 5.74) is 3.55. The van der Waals surface area contributed by atoms with E-state index in [4.69, 9.17) is 9.84 Å². The standard InChI is InChI=1S/C31H40F2N4O3/c1-22(2)16-27-18-26(34-37(27)31-17-25(33)5-4-23(31)3)8-9-28(38)19-35-12-14-36(15-13-35)20-29(39)21-40-30-10-6-24(32)7-11-30/h4-7,10-11,17-18,22,29,39H,8-9,12-16,19-21H2,1-3H3/t29-/m1/s1. The SMILES string of the molecule is Cc1ccc(F)cc1-n1nc(CCC(=O)CN2CCN(C[C@@H](O)COc3ccc(F)cc3)CC2)cc1CC(C)C. The smallest absolute Gasteiger partial charge is 0.147 e. The molecule has 1 saturated heterocycles. The van der Waals surface area contributed by atoms with E-state index in [1.165, 1.54) is 24.3 Å². The number of ketones is 1. The highest BCUT2D eigenvalue weighted by Crippen LogP contribution is 2.21. The van der Waals surface area contributed by atoms with Crippen LogP contribution in [0.3, 0.4) is 0 Å². The third kappa shape index (κ3) is 8.68. The lowest BCUT2D eigenvalue weighted by molar-refractivity contribution is -0.120. The molecule has 4 rings (SSSR count). The molecule has 0 spiro atoms. The van der Waals surface area contributed by atoms with Gasteiger partial charge in [-0.1, -0.05) is 19.9 Å². The van der Waals surface area contributed by atoms with Gasteiger partial charge in [0.05, 0.1) is 17.9 Å². The van der Waals surface area contributed by atoms with Gasteiger partial charge in [-0.15, -0.1) is 0 Å². The molecule has 0 aliphatic carbocycles. The van der Waals surface area contributed by atoms with Crippen molar-refractivity contribution in [3.05, 3.63) is 77.1 Å². The summed E-state index contributed by atoms with van der Waals surface area (Å²) in [7, 11) is 0. The Hall–Kier alpha value is -3.14. The highest BCUT2D eigenvalue weighted by atomic mass is 19.1. The summed E-state index contributed by atoms with van der Waals surface area (Å²) in [6.07, 6.45) is 1.11. The van der Waals surface area contributed by atoms with Crippen molar-refractivity contribution in [3.63, 3.8) is 0 Å². The molecule has 1 aliphatic heterocycles. The molecule has 1 N–H and O–H groups in total. The maximum Gasteiger partial charge on any atom is 0.147 e. The van der Waals surface area contributed by atoms with Crippen LogP contribution in [-0.4, -0.2) is 82.4 Å². The Morgan fingerprint density at radius 3 is 2.38 bits per heavy atom. The molecule has 40 heavy (non-hydrogen) atoms. The number of Topliss-reactive ketones (excluding diaryl/α,β-unsaturated/α-hetero) is 1. The molecule has 2 heterocycles. The molecule has 7 nitrogen and oxygen atoms in total. The van der Waals surface area contributed by atoms with E-state index in [1.54, 1.807) is 18.2 Å². The van der Waals surface area contributed by atoms with Gasteiger partial charge in [0.2, 0.25) is 0 Å². The van der Waals surface area contributed by atoms with Gasteiger partial charge in [0, 0.05) is 44.8 Å². The summed E-state index contributed by atoms with van der Waals surface area (Å²) >= 11 is 0. The number of nitrogens with zero attached hydrogens (tertiary/aromatic N) is 4. The molecule has 3 aromatic rings. The average molecular weight is 555 g/mol. The number of aryl methyl sites for hydroxylation is 2. The molecule has 1 aromatic heterocycles. The average Bonchev–Trinajstić information content (AvgIpc) is 3.31. The zero-order valence-electron chi connectivity index (χ0n) is 23.7. The minimum atomic E-state index is -0.658. The number of aliphatic hydroxyl groups excluding tert-OH is 1. The number of aliphatic hydroxyl groups is 1. The molecule has 1 atom stereocenters. The van der Waals surface area contributed by atoms with Gasteiger partial charge in [-0.2, -0.15) is 5.10 Å². The van der Waals surface area contributed by atoms with Gasteiger partial charge in [-0.05, 0) is 73.7 Å². The number of halogens is 2. The highest BCUT2D eigenvalue weighted by molar-refractivity contribution is 5.80. The van der Waals surface area contributed by atoms with Crippen LogP contribution in [0.1, 0.15) is 37.2 Å². The van der Waals surface area contributed by atoms with E-state index in [1.807, 2.05) is 17.7 Å². The molecule has 0 radical (unpaired) electrons. The number of carbonyl (C=O) groups is 1. The van der Waals surface area contributed by atoms with Crippen molar-refractivity contribution in [1.29, 1.82) is 0 Å². The first-order chi connectivity index (χ1) is 19.2. The lowest BCUT2D eigenvalue weighted by Crippen LogP contribution is -2.50. The minimum Gasteiger partial charge on any atom is -0.491 e. The Kier molecular flexibility index (Phi) is 10.4. The van der Waals surface area contributed by atoms with Gasteiger partial charge >= 0.3 is 0 Å². The number of hydrogen-bond donors (Lipinski definition) is 1. The zero-order valence-corrected chi connectivity index (χ0v) is 23.7. The fourth-order valence-corrected chi connectivity index (χ4v) is 4.98. The molecule has 0 amide bonds. The van der Waals surface area contributed by atoms with Gasteiger partial charge in [-0.25, -0.2) is 13.5 Å². The topological polar surface area (TPSA) is 70.8 Å². The predicted molar refractivity (Wildman–Crippen MR) is 151 cm³/mol. The quantitative estimate of drug-likeness (QED) is 0.341. The summed E-state index contributed by atoms with van der Waals surface area (Å²) in [5, 5.41) is 15.1. The Morgan fingerprint density at radius 1 is 1.00 bits per heavy atom. The summed E-state index contributed by atoms with van der Waals surface area (Å²) in [4.78, 5) is 17.1. The van der Waals surface area contributed by atoms with Crippen molar-refractivity contribution in [2.75, 3.05) is 45.9 Å². The summed E-state index contributed by atoms with van der Waals surface area (Å²) in [6, 6.07) is 12.5. The first-order valence-corrected chi connectivity index (χ1v) is 14.0. The minimum absolute atomic E-state index is 0.137. The molecule has 216 valence electrons. The fraction of sp³-hybridized carbons (Fsp3) is 0.484. The van der Waals surface area contributed by atoms with Crippen LogP contribution in [0.5, 0.6) is 5.75 Å². The summed E-state index contributed by atoms with van der Waals surface area (Å²) < 4.78 is 34.4. The van der Waals surface area contributed by atoms with Crippen molar-refractivity contribution >= 4 is 5.78 Å². The molecular weight excluding hydrogens is 514 g/mol. The van der Waals surface area contributed by atoms with E-state index in [2.05, 4.69) is 23.6 Å². The zero-order chi connectivity index (χ0) is 28.6. The van der Waals surface area contributed by atoms with E-state index >= 15 is 0 Å². The second-order valence-electron chi connectivity index (χ2n) is 11.1. The van der Waals surface area contributed by atoms with E-state index in [0.717, 1.165) is 55.2 Å². The Morgan fingerprint density at radius 2 is 1.68 bits per heavy atom. The monoisotopic (exact) mass is 554 g/mol. The Labute approximate surface area is 235 Å². The van der Waals surface area contributed by atoms with E-state index in [0.29, 0.717) is 37.6 Å². The van der Waals surface area contributed by atoms with Crippen LogP contribution in [-0.2, 0) is 17.6 Å². The molecular formula is C31H40F2N4O3. The number of aromatic nitrogens is 2. The van der Waals surface area contributed by atoms with Crippen LogP contribution in [0.2, 0.25) is 0 Å². The number of β-amino-alcohol motifs (C(OH)–C–C–N with tert-alkyl or cyclic N) is 1. The fourth-order valence-electron chi connectivity index (χ4n) is 4.98. The van der Waals surface area contributed by atoms with E-state index in [-0.39, 0.29) is 24.0 Å². The lowest BCUT2D eigenvalue weighted by Gasteiger charge is -2.35. The molecule has 0 saturated carbocycles. The Bertz CT molecular complexity index is 1250. The number of carbonyl (C=O) groups excluding carboxylic acids is 1. The largest absolute Gasteiger partial charge is 0.491 e. The summed E-state index contributed by atoms with van der Waals surface area (Å²) in [6.45, 7) is 10.3. The molecule has 2 aromatic carbocycles. The van der Waals surface area contributed by atoms with Crippen LogP contribution < -0.4 is 4.74 Å². The highest BCUT2D eigenvalue weighted by Gasteiger charge is 2.21. The summed E-state index contributed by atoms with van der Waals surface area (Å²) in [5.74, 6) is 0.489. The number of benzene rings is 2. The molecule has 1 aliphatic rings. The third-order valence-corrected chi connectivity index (χ3v) is 7.10. The number of piperazine rings is 1. The lowest BCUT2D eigenvalue weighted by atomic mass is 10.1. The van der Waals surface area contributed by atoms with Crippen LogP contribution in [0.25, 0.3) is 5.69 Å². The van der Waals surface area contributed by atoms with Crippen molar-refractivity contribution in [2.24, 2.45) is 5.92 Å². The number of rotatable bonds is 13.